The van der Waals surface area contributed by atoms with Crippen LogP contribution in [0.5, 0.6) is 0 Å². The second-order valence-corrected chi connectivity index (χ2v) is 6.39. The van der Waals surface area contributed by atoms with E-state index < -0.39 is 0 Å². The summed E-state index contributed by atoms with van der Waals surface area (Å²) >= 11 is 0. The molecular weight excluding hydrogens is 278 g/mol. The number of rotatable bonds is 2. The van der Waals surface area contributed by atoms with Gasteiger partial charge in [-0.25, -0.2) is 0 Å². The first-order chi connectivity index (χ1) is 10.7. The van der Waals surface area contributed by atoms with Crippen molar-refractivity contribution >= 4 is 5.91 Å². The Morgan fingerprint density at radius 1 is 1.32 bits per heavy atom. The van der Waals surface area contributed by atoms with Gasteiger partial charge in [0.05, 0.1) is 12.1 Å². The van der Waals surface area contributed by atoms with E-state index in [1.807, 2.05) is 6.92 Å². The summed E-state index contributed by atoms with van der Waals surface area (Å²) < 4.78 is 0. The second-order valence-electron chi connectivity index (χ2n) is 6.39. The largest absolute Gasteiger partial charge is 0.391 e. The fraction of sp³-hybridized carbons (Fsp3) is 0.824. The lowest BCUT2D eigenvalue weighted by Crippen LogP contribution is -2.51. The van der Waals surface area contributed by atoms with Gasteiger partial charge in [0.15, 0.2) is 0 Å². The van der Waals surface area contributed by atoms with Crippen LogP contribution in [0.25, 0.3) is 0 Å². The normalized spacial score (nSPS) is 30.4. The van der Waals surface area contributed by atoms with Crippen molar-refractivity contribution in [3.05, 3.63) is 12.2 Å². The number of aliphatic hydroxyl groups is 1. The van der Waals surface area contributed by atoms with Crippen LogP contribution in [0.4, 0.5) is 0 Å². The van der Waals surface area contributed by atoms with Crippen LogP contribution in [0.3, 0.4) is 0 Å². The average Bonchev–Trinajstić information content (AvgIpc) is 2.54. The van der Waals surface area contributed by atoms with Crippen molar-refractivity contribution in [1.29, 1.82) is 0 Å². The molecule has 1 amide bonds. The molecule has 2 heterocycles. The van der Waals surface area contributed by atoms with Gasteiger partial charge >= 0.3 is 0 Å². The number of hydrogen-bond donors (Lipinski definition) is 3. The molecule has 0 unspecified atom stereocenters. The van der Waals surface area contributed by atoms with Crippen molar-refractivity contribution in [3.8, 4) is 0 Å². The van der Waals surface area contributed by atoms with Crippen molar-refractivity contribution in [2.24, 2.45) is 0 Å². The van der Waals surface area contributed by atoms with Gasteiger partial charge in [0.25, 0.3) is 0 Å². The van der Waals surface area contributed by atoms with Gasteiger partial charge in [0.2, 0.25) is 5.91 Å². The van der Waals surface area contributed by atoms with Crippen LogP contribution in [-0.2, 0) is 4.79 Å². The molecule has 5 nitrogen and oxygen atoms in total. The van der Waals surface area contributed by atoms with Crippen LogP contribution in [0.1, 0.15) is 45.4 Å². The molecule has 0 aromatic rings. The van der Waals surface area contributed by atoms with Crippen LogP contribution >= 0.6 is 0 Å². The maximum atomic E-state index is 12.1. The van der Waals surface area contributed by atoms with Gasteiger partial charge in [0, 0.05) is 25.6 Å². The SMILES string of the molecule is CC[C@H](O)[C@@H]1C=CC[C@H]2CC(=O)NCCCCNCCCN21. The number of amides is 1. The minimum atomic E-state index is -0.356. The number of carbonyl (C=O) groups excluding carboxylic acids is 1. The molecule has 2 aliphatic rings. The lowest BCUT2D eigenvalue weighted by atomic mass is 9.95. The van der Waals surface area contributed by atoms with Gasteiger partial charge < -0.3 is 15.7 Å². The zero-order valence-electron chi connectivity index (χ0n) is 13.8. The quantitative estimate of drug-likeness (QED) is 0.667. The number of nitrogens with one attached hydrogen (secondary N) is 2. The molecule has 0 saturated carbocycles. The highest BCUT2D eigenvalue weighted by Gasteiger charge is 2.32. The predicted molar refractivity (Wildman–Crippen MR) is 88.7 cm³/mol. The maximum absolute atomic E-state index is 12.1. The molecule has 1 fully saturated rings. The zero-order valence-corrected chi connectivity index (χ0v) is 13.8. The van der Waals surface area contributed by atoms with Crippen molar-refractivity contribution in [1.82, 2.24) is 15.5 Å². The molecule has 0 aliphatic carbocycles. The lowest BCUT2D eigenvalue weighted by Gasteiger charge is -2.41. The summed E-state index contributed by atoms with van der Waals surface area (Å²) in [5, 5.41) is 16.8. The van der Waals surface area contributed by atoms with Gasteiger partial charge in [-0.05, 0) is 45.2 Å². The summed E-state index contributed by atoms with van der Waals surface area (Å²) in [6, 6.07) is 0.249. The molecule has 1 saturated heterocycles. The Bertz CT molecular complexity index is 373. The molecule has 3 atom stereocenters. The first-order valence-electron chi connectivity index (χ1n) is 8.80. The van der Waals surface area contributed by atoms with E-state index in [2.05, 4.69) is 27.7 Å². The Morgan fingerprint density at radius 3 is 2.91 bits per heavy atom. The standard InChI is InChI=1S/C17H31N3O2/c1-2-16(21)15-8-5-7-14-13-17(22)19-11-4-3-9-18-10-6-12-20(14)15/h5,8,14-16,18,21H,2-4,6-7,9-13H2,1H3,(H,19,22)/t14-,15-,16-/m0/s1. The first kappa shape index (κ1) is 17.4. The molecule has 22 heavy (non-hydrogen) atoms. The number of aliphatic hydroxyl groups excluding tert-OH is 1. The zero-order chi connectivity index (χ0) is 15.8. The molecule has 5 heteroatoms. The molecule has 2 aliphatic heterocycles. The van der Waals surface area contributed by atoms with Crippen LogP contribution in [0.2, 0.25) is 0 Å². The average molecular weight is 309 g/mol. The minimum absolute atomic E-state index is 0.0432. The van der Waals surface area contributed by atoms with Gasteiger partial charge in [-0.2, -0.15) is 0 Å². The van der Waals surface area contributed by atoms with E-state index in [9.17, 15) is 9.90 Å². The molecule has 0 radical (unpaired) electrons. The highest BCUT2D eigenvalue weighted by Crippen LogP contribution is 2.23. The third-order valence-corrected chi connectivity index (χ3v) is 4.70. The van der Waals surface area contributed by atoms with E-state index in [-0.39, 0.29) is 24.1 Å². The first-order valence-corrected chi connectivity index (χ1v) is 8.80. The third kappa shape index (κ3) is 5.07. The molecule has 0 aromatic carbocycles. The van der Waals surface area contributed by atoms with Gasteiger partial charge in [-0.1, -0.05) is 19.1 Å². The predicted octanol–water partition coefficient (Wildman–Crippen LogP) is 1.04. The summed E-state index contributed by atoms with van der Waals surface area (Å²) in [5.41, 5.74) is 0. The van der Waals surface area contributed by atoms with Crippen molar-refractivity contribution in [3.63, 3.8) is 0 Å². The van der Waals surface area contributed by atoms with Gasteiger partial charge in [-0.15, -0.1) is 0 Å². The molecule has 126 valence electrons. The maximum Gasteiger partial charge on any atom is 0.221 e. The van der Waals surface area contributed by atoms with Crippen LogP contribution in [0, 0.1) is 0 Å². The topological polar surface area (TPSA) is 64.6 Å². The third-order valence-electron chi connectivity index (χ3n) is 4.70. The number of carbonyl (C=O) groups is 1. The molecule has 0 aromatic heterocycles. The number of fused-ring (bicyclic) bond motifs is 1. The van der Waals surface area contributed by atoms with Gasteiger partial charge in [0.1, 0.15) is 0 Å². The molecule has 0 bridgehead atoms. The van der Waals surface area contributed by atoms with E-state index in [0.29, 0.717) is 6.42 Å². The summed E-state index contributed by atoms with van der Waals surface area (Å²) in [7, 11) is 0. The Morgan fingerprint density at radius 2 is 2.09 bits per heavy atom. The van der Waals surface area contributed by atoms with Crippen molar-refractivity contribution < 1.29 is 9.90 Å². The van der Waals surface area contributed by atoms with Gasteiger partial charge in [-0.3, -0.25) is 9.69 Å². The monoisotopic (exact) mass is 309 g/mol. The molecule has 0 spiro atoms. The number of nitrogens with zero attached hydrogens (tertiary/aromatic N) is 1. The Hall–Kier alpha value is -0.910. The smallest absolute Gasteiger partial charge is 0.221 e. The lowest BCUT2D eigenvalue weighted by molar-refractivity contribution is -0.122. The second kappa shape index (κ2) is 9.28. The Balaban J connectivity index is 2.06. The van der Waals surface area contributed by atoms with E-state index in [0.717, 1.165) is 58.3 Å². The van der Waals surface area contributed by atoms with Crippen LogP contribution in [-0.4, -0.2) is 60.3 Å². The summed E-state index contributed by atoms with van der Waals surface area (Å²) in [6.07, 6.45) is 9.25. The van der Waals surface area contributed by atoms with Crippen LogP contribution < -0.4 is 10.6 Å². The summed E-state index contributed by atoms with van der Waals surface area (Å²) in [4.78, 5) is 14.5. The van der Waals surface area contributed by atoms with E-state index in [1.165, 1.54) is 0 Å². The highest BCUT2D eigenvalue weighted by molar-refractivity contribution is 5.76. The Labute approximate surface area is 134 Å². The van der Waals surface area contributed by atoms with Crippen molar-refractivity contribution in [2.75, 3.05) is 26.2 Å². The van der Waals surface area contributed by atoms with Crippen LogP contribution in [0.15, 0.2) is 12.2 Å². The van der Waals surface area contributed by atoms with E-state index in [4.69, 9.17) is 0 Å². The minimum Gasteiger partial charge on any atom is -0.391 e. The van der Waals surface area contributed by atoms with E-state index in [1.54, 1.807) is 0 Å². The molecular formula is C17H31N3O2. The Kier molecular flexibility index (Phi) is 7.36. The fourth-order valence-corrected chi connectivity index (χ4v) is 3.39. The van der Waals surface area contributed by atoms with E-state index >= 15 is 0 Å². The highest BCUT2D eigenvalue weighted by atomic mass is 16.3. The number of hydrogen-bond acceptors (Lipinski definition) is 4. The summed E-state index contributed by atoms with van der Waals surface area (Å²) in [6.45, 7) is 5.72. The fourth-order valence-electron chi connectivity index (χ4n) is 3.39. The summed E-state index contributed by atoms with van der Waals surface area (Å²) in [5.74, 6) is 0.141. The van der Waals surface area contributed by atoms with Crippen molar-refractivity contribution in [2.45, 2.75) is 63.6 Å². The molecule has 2 rings (SSSR count). The molecule has 3 N–H and O–H groups in total.